The summed E-state index contributed by atoms with van der Waals surface area (Å²) in [6.45, 7) is 0. The summed E-state index contributed by atoms with van der Waals surface area (Å²) in [5.41, 5.74) is 1.18. The van der Waals surface area contributed by atoms with Crippen molar-refractivity contribution in [3.8, 4) is 5.69 Å². The van der Waals surface area contributed by atoms with Crippen LogP contribution >= 0.6 is 0 Å². The Labute approximate surface area is 108 Å². The predicted octanol–water partition coefficient (Wildman–Crippen LogP) is 1.80. The van der Waals surface area contributed by atoms with Gasteiger partial charge in [-0.25, -0.2) is 4.68 Å². The van der Waals surface area contributed by atoms with Crippen LogP contribution in [0.3, 0.4) is 0 Å². The molecule has 0 bridgehead atoms. The number of carboxylic acid groups (broad SMARTS) is 1. The summed E-state index contributed by atoms with van der Waals surface area (Å²) in [4.78, 5) is 20.7. The molecule has 0 spiro atoms. The van der Waals surface area contributed by atoms with Crippen molar-refractivity contribution in [1.29, 1.82) is 0 Å². The standard InChI is InChI=1S/C12H11N3O4/c16-12(17)5-4-9-6-7-14(13-9)10-2-1-3-11(8-10)15(18)19/h1-3,6-8H,4-5H2,(H,16,17). The lowest BCUT2D eigenvalue weighted by Crippen LogP contribution is -2.00. The summed E-state index contributed by atoms with van der Waals surface area (Å²) in [6.07, 6.45) is 1.99. The van der Waals surface area contributed by atoms with Gasteiger partial charge in [-0.1, -0.05) is 6.07 Å². The minimum atomic E-state index is -0.884. The molecule has 1 N–H and O–H groups in total. The van der Waals surface area contributed by atoms with Crippen LogP contribution in [0.25, 0.3) is 5.69 Å². The highest BCUT2D eigenvalue weighted by molar-refractivity contribution is 5.66. The minimum absolute atomic E-state index is 0.00590. The molecule has 1 aromatic heterocycles. The van der Waals surface area contributed by atoms with Gasteiger partial charge in [0, 0.05) is 24.8 Å². The van der Waals surface area contributed by atoms with Crippen LogP contribution in [-0.4, -0.2) is 25.8 Å². The van der Waals surface area contributed by atoms with Crippen LogP contribution in [0.5, 0.6) is 0 Å². The Morgan fingerprint density at radius 1 is 1.42 bits per heavy atom. The summed E-state index contributed by atoms with van der Waals surface area (Å²) >= 11 is 0. The molecule has 0 amide bonds. The van der Waals surface area contributed by atoms with E-state index in [1.54, 1.807) is 24.4 Å². The zero-order chi connectivity index (χ0) is 13.8. The van der Waals surface area contributed by atoms with Gasteiger partial charge in [-0.05, 0) is 12.1 Å². The predicted molar refractivity (Wildman–Crippen MR) is 66.2 cm³/mol. The van der Waals surface area contributed by atoms with E-state index in [2.05, 4.69) is 5.10 Å². The highest BCUT2D eigenvalue weighted by atomic mass is 16.6. The lowest BCUT2D eigenvalue weighted by atomic mass is 10.2. The largest absolute Gasteiger partial charge is 0.481 e. The lowest BCUT2D eigenvalue weighted by Gasteiger charge is -2.00. The van der Waals surface area contributed by atoms with E-state index in [4.69, 9.17) is 5.11 Å². The third kappa shape index (κ3) is 3.15. The van der Waals surface area contributed by atoms with Gasteiger partial charge in [0.05, 0.1) is 22.7 Å². The Hall–Kier alpha value is -2.70. The van der Waals surface area contributed by atoms with Crippen molar-refractivity contribution in [2.75, 3.05) is 0 Å². The Morgan fingerprint density at radius 3 is 2.89 bits per heavy atom. The summed E-state index contributed by atoms with van der Waals surface area (Å²) in [6, 6.07) is 7.78. The number of aliphatic carboxylic acids is 1. The highest BCUT2D eigenvalue weighted by Crippen LogP contribution is 2.16. The van der Waals surface area contributed by atoms with E-state index in [0.29, 0.717) is 17.8 Å². The molecule has 2 rings (SSSR count). The van der Waals surface area contributed by atoms with E-state index in [0.717, 1.165) is 0 Å². The molecule has 7 nitrogen and oxygen atoms in total. The van der Waals surface area contributed by atoms with Gasteiger partial charge in [-0.15, -0.1) is 0 Å². The van der Waals surface area contributed by atoms with Gasteiger partial charge in [-0.2, -0.15) is 5.10 Å². The van der Waals surface area contributed by atoms with Gasteiger partial charge in [0.1, 0.15) is 0 Å². The molecule has 7 heteroatoms. The number of carboxylic acids is 1. The van der Waals surface area contributed by atoms with E-state index in [1.807, 2.05) is 0 Å². The highest BCUT2D eigenvalue weighted by Gasteiger charge is 2.08. The van der Waals surface area contributed by atoms with Crippen LogP contribution < -0.4 is 0 Å². The summed E-state index contributed by atoms with van der Waals surface area (Å²) in [5.74, 6) is -0.884. The molecule has 1 heterocycles. The van der Waals surface area contributed by atoms with Crippen molar-refractivity contribution < 1.29 is 14.8 Å². The molecular weight excluding hydrogens is 250 g/mol. The van der Waals surface area contributed by atoms with Crippen molar-refractivity contribution >= 4 is 11.7 Å². The van der Waals surface area contributed by atoms with E-state index in [1.165, 1.54) is 16.8 Å². The first-order valence-corrected chi connectivity index (χ1v) is 5.57. The fourth-order valence-electron chi connectivity index (χ4n) is 1.62. The van der Waals surface area contributed by atoms with Gasteiger partial charge >= 0.3 is 5.97 Å². The fourth-order valence-corrected chi connectivity index (χ4v) is 1.62. The van der Waals surface area contributed by atoms with Crippen LogP contribution in [0.1, 0.15) is 12.1 Å². The van der Waals surface area contributed by atoms with Crippen LogP contribution in [0.15, 0.2) is 36.5 Å². The second-order valence-corrected chi connectivity index (χ2v) is 3.92. The maximum Gasteiger partial charge on any atom is 0.303 e. The molecule has 0 saturated carbocycles. The first-order chi connectivity index (χ1) is 9.06. The SMILES string of the molecule is O=C(O)CCc1ccn(-c2cccc([N+](=O)[O-])c2)n1. The van der Waals surface area contributed by atoms with Gasteiger partial charge in [0.15, 0.2) is 0 Å². The van der Waals surface area contributed by atoms with Gasteiger partial charge in [0.2, 0.25) is 0 Å². The second kappa shape index (κ2) is 5.30. The van der Waals surface area contributed by atoms with E-state index >= 15 is 0 Å². The Kier molecular flexibility index (Phi) is 3.56. The topological polar surface area (TPSA) is 98.3 Å². The van der Waals surface area contributed by atoms with Crippen LogP contribution in [0.4, 0.5) is 5.69 Å². The average Bonchev–Trinajstić information content (AvgIpc) is 2.85. The Balaban J connectivity index is 2.20. The number of hydrogen-bond donors (Lipinski definition) is 1. The van der Waals surface area contributed by atoms with E-state index in [9.17, 15) is 14.9 Å². The van der Waals surface area contributed by atoms with Crippen molar-refractivity contribution in [3.63, 3.8) is 0 Å². The molecule has 0 atom stereocenters. The molecular formula is C12H11N3O4. The average molecular weight is 261 g/mol. The van der Waals surface area contributed by atoms with Crippen molar-refractivity contribution in [1.82, 2.24) is 9.78 Å². The number of hydrogen-bond acceptors (Lipinski definition) is 4. The smallest absolute Gasteiger partial charge is 0.303 e. The van der Waals surface area contributed by atoms with Crippen molar-refractivity contribution in [3.05, 3.63) is 52.3 Å². The number of aryl methyl sites for hydroxylation is 1. The summed E-state index contributed by atoms with van der Waals surface area (Å²) < 4.78 is 1.49. The summed E-state index contributed by atoms with van der Waals surface area (Å²) in [7, 11) is 0. The van der Waals surface area contributed by atoms with Gasteiger partial charge in [0.25, 0.3) is 5.69 Å². The third-order valence-corrected chi connectivity index (χ3v) is 2.54. The maximum absolute atomic E-state index is 10.7. The molecule has 2 aromatic rings. The molecule has 0 aliphatic carbocycles. The van der Waals surface area contributed by atoms with E-state index in [-0.39, 0.29) is 12.1 Å². The number of nitrogens with zero attached hydrogens (tertiary/aromatic N) is 3. The van der Waals surface area contributed by atoms with Crippen LogP contribution in [0, 0.1) is 10.1 Å². The number of benzene rings is 1. The maximum atomic E-state index is 10.7. The summed E-state index contributed by atoms with van der Waals surface area (Å²) in [5, 5.41) is 23.4. The van der Waals surface area contributed by atoms with Gasteiger partial charge in [-0.3, -0.25) is 14.9 Å². The molecule has 98 valence electrons. The molecule has 0 aliphatic rings. The molecule has 0 aliphatic heterocycles. The number of nitro benzene ring substituents is 1. The van der Waals surface area contributed by atoms with Crippen LogP contribution in [0.2, 0.25) is 0 Å². The second-order valence-electron chi connectivity index (χ2n) is 3.92. The molecule has 0 radical (unpaired) electrons. The van der Waals surface area contributed by atoms with Gasteiger partial charge < -0.3 is 5.11 Å². The third-order valence-electron chi connectivity index (χ3n) is 2.54. The lowest BCUT2D eigenvalue weighted by molar-refractivity contribution is -0.384. The minimum Gasteiger partial charge on any atom is -0.481 e. The first-order valence-electron chi connectivity index (χ1n) is 5.57. The van der Waals surface area contributed by atoms with Crippen LogP contribution in [-0.2, 0) is 11.2 Å². The molecule has 0 saturated heterocycles. The number of carbonyl (C=O) groups is 1. The number of nitro groups is 1. The van der Waals surface area contributed by atoms with Crippen molar-refractivity contribution in [2.45, 2.75) is 12.8 Å². The zero-order valence-electron chi connectivity index (χ0n) is 9.89. The van der Waals surface area contributed by atoms with E-state index < -0.39 is 10.9 Å². The molecule has 19 heavy (non-hydrogen) atoms. The number of aromatic nitrogens is 2. The zero-order valence-corrected chi connectivity index (χ0v) is 9.89. The molecule has 0 unspecified atom stereocenters. The van der Waals surface area contributed by atoms with Crippen molar-refractivity contribution in [2.24, 2.45) is 0 Å². The molecule has 1 aromatic carbocycles. The monoisotopic (exact) mass is 261 g/mol. The Bertz CT molecular complexity index is 621. The quantitative estimate of drug-likeness (QED) is 0.653. The Morgan fingerprint density at radius 2 is 2.21 bits per heavy atom. The number of non-ortho nitro benzene ring substituents is 1. The first kappa shape index (κ1) is 12.7. The number of rotatable bonds is 5. The fraction of sp³-hybridized carbons (Fsp3) is 0.167. The molecule has 0 fully saturated rings. The normalized spacial score (nSPS) is 10.3.